The average Bonchev–Trinajstić information content (AvgIpc) is 3.06. The first-order valence-corrected chi connectivity index (χ1v) is 14.1. The van der Waals surface area contributed by atoms with Gasteiger partial charge in [0.25, 0.3) is 0 Å². The van der Waals surface area contributed by atoms with E-state index in [-0.39, 0.29) is 45.4 Å². The first-order chi connectivity index (χ1) is 15.2. The maximum Gasteiger partial charge on any atom is 0.184 e. The third-order valence-corrected chi connectivity index (χ3v) is 10.2. The smallest absolute Gasteiger partial charge is 0.184 e. The number of aliphatic hydroxyl groups is 1. The zero-order valence-electron chi connectivity index (χ0n) is 19.9. The Labute approximate surface area is 211 Å². The number of aliphatic hydroxyl groups excluding tert-OH is 1. The van der Waals surface area contributed by atoms with Crippen molar-refractivity contribution in [2.45, 2.75) is 38.5 Å². The molecule has 3 heterocycles. The van der Waals surface area contributed by atoms with E-state index >= 15 is 0 Å². The van der Waals surface area contributed by atoms with Crippen molar-refractivity contribution in [3.8, 4) is 5.75 Å². The van der Waals surface area contributed by atoms with Crippen LogP contribution in [0.15, 0.2) is 24.5 Å². The van der Waals surface area contributed by atoms with Gasteiger partial charge >= 0.3 is 0 Å². The van der Waals surface area contributed by atoms with E-state index in [0.717, 1.165) is 0 Å². The van der Waals surface area contributed by atoms with Gasteiger partial charge in [-0.15, -0.1) is 0 Å². The van der Waals surface area contributed by atoms with E-state index in [1.165, 1.54) is 23.9 Å². The number of pyridine rings is 2. The molecule has 0 atom stereocenters. The number of fused-ring (bicyclic) bond motifs is 1. The zero-order valence-corrected chi connectivity index (χ0v) is 23.0. The van der Waals surface area contributed by atoms with Gasteiger partial charge in [0.1, 0.15) is 10.8 Å². The van der Waals surface area contributed by atoms with Gasteiger partial charge in [0.2, 0.25) is 0 Å². The molecule has 10 heteroatoms. The zero-order chi connectivity index (χ0) is 25.1. The molecule has 0 fully saturated rings. The molecule has 0 unspecified atom stereocenters. The second kappa shape index (κ2) is 10.8. The number of rotatable bonds is 5. The third kappa shape index (κ3) is 6.34. The monoisotopic (exact) mass is 533 g/mol. The molecule has 3 aromatic heterocycles. The number of imidazole rings is 1. The molecule has 0 aromatic carbocycles. The van der Waals surface area contributed by atoms with Crippen LogP contribution in [0.25, 0.3) is 5.65 Å². The molecule has 0 amide bonds. The second-order valence-corrected chi connectivity index (χ2v) is 15.2. The molecule has 0 radical (unpaired) electrons. The minimum absolute atomic E-state index is 0.0371. The van der Waals surface area contributed by atoms with Crippen molar-refractivity contribution >= 4 is 56.3 Å². The first-order valence-electron chi connectivity index (χ1n) is 10.1. The molecule has 0 aliphatic rings. The molecule has 33 heavy (non-hydrogen) atoms. The molecule has 3 aromatic rings. The fraction of sp³-hybridized carbons (Fsp3) is 0.435. The summed E-state index contributed by atoms with van der Waals surface area (Å²) in [6.07, 6.45) is 9.87. The van der Waals surface area contributed by atoms with Gasteiger partial charge in [0.05, 0.1) is 29.5 Å². The summed E-state index contributed by atoms with van der Waals surface area (Å²) >= 11 is 18.4. The SMILES string of the molecule is CC(C)(C)S(C)(C)C.COc1ccc(C(=O)Cc2c(Cl)cncc2Cl)n2c(Cl)c(CO)nc12. The van der Waals surface area contributed by atoms with E-state index < -0.39 is 0 Å². The Kier molecular flexibility index (Phi) is 9.10. The molecule has 0 saturated carbocycles. The minimum atomic E-state index is -0.362. The topological polar surface area (TPSA) is 76.7 Å². The molecule has 0 saturated heterocycles. The number of Topliss-reactive ketones (excluding diaryl/α,β-unsaturated/α-hetero) is 1. The van der Waals surface area contributed by atoms with Crippen molar-refractivity contribution < 1.29 is 14.6 Å². The number of carbonyl (C=O) groups is 1. The summed E-state index contributed by atoms with van der Waals surface area (Å²) in [5, 5.41) is 10.1. The van der Waals surface area contributed by atoms with Crippen LogP contribution in [0.2, 0.25) is 15.2 Å². The normalized spacial score (nSPS) is 12.3. The van der Waals surface area contributed by atoms with Crippen LogP contribution in [0.3, 0.4) is 0 Å². The number of halogens is 3. The molecule has 3 rings (SSSR count). The van der Waals surface area contributed by atoms with Crippen LogP contribution in [-0.2, 0) is 13.0 Å². The molecular weight excluding hydrogens is 505 g/mol. The van der Waals surface area contributed by atoms with Crippen LogP contribution in [-0.4, -0.2) is 55.9 Å². The Morgan fingerprint density at radius 3 is 2.12 bits per heavy atom. The number of hydrogen-bond acceptors (Lipinski definition) is 5. The summed E-state index contributed by atoms with van der Waals surface area (Å²) in [7, 11) is 1.14. The van der Waals surface area contributed by atoms with Gasteiger partial charge < -0.3 is 9.84 Å². The van der Waals surface area contributed by atoms with Crippen molar-refractivity contribution in [3.63, 3.8) is 0 Å². The van der Waals surface area contributed by atoms with Gasteiger partial charge in [-0.3, -0.25) is 14.2 Å². The maximum absolute atomic E-state index is 12.8. The fourth-order valence-electron chi connectivity index (χ4n) is 2.47. The van der Waals surface area contributed by atoms with Gasteiger partial charge in [0.15, 0.2) is 17.2 Å². The number of ether oxygens (including phenoxy) is 1. The molecule has 182 valence electrons. The van der Waals surface area contributed by atoms with Crippen LogP contribution >= 0.6 is 44.8 Å². The molecule has 6 nitrogen and oxygen atoms in total. The lowest BCUT2D eigenvalue weighted by Crippen LogP contribution is -2.21. The van der Waals surface area contributed by atoms with Crippen LogP contribution in [0.4, 0.5) is 0 Å². The molecular formula is C23H30Cl3N3O3S. The minimum Gasteiger partial charge on any atom is -0.493 e. The number of carbonyl (C=O) groups excluding carboxylic acids is 1. The van der Waals surface area contributed by atoms with E-state index in [4.69, 9.17) is 39.5 Å². The Hall–Kier alpha value is -1.51. The van der Waals surface area contributed by atoms with E-state index in [1.54, 1.807) is 12.1 Å². The predicted octanol–water partition coefficient (Wildman–Crippen LogP) is 6.09. The summed E-state index contributed by atoms with van der Waals surface area (Å²) in [5.74, 6) is 0.157. The highest BCUT2D eigenvalue weighted by Crippen LogP contribution is 2.48. The Bertz CT molecular complexity index is 1120. The van der Waals surface area contributed by atoms with Gasteiger partial charge in [-0.05, 0) is 35.6 Å². The van der Waals surface area contributed by atoms with Gasteiger partial charge in [-0.2, -0.15) is 0 Å². The number of nitrogens with zero attached hydrogens (tertiary/aromatic N) is 3. The largest absolute Gasteiger partial charge is 0.493 e. The van der Waals surface area contributed by atoms with Gasteiger partial charge in [-0.25, -0.2) is 15.0 Å². The molecule has 0 aliphatic heterocycles. The number of methoxy groups -OCH3 is 1. The van der Waals surface area contributed by atoms with Crippen LogP contribution < -0.4 is 4.74 Å². The molecule has 0 bridgehead atoms. The van der Waals surface area contributed by atoms with Crippen molar-refractivity contribution in [3.05, 3.63) is 56.7 Å². The summed E-state index contributed by atoms with van der Waals surface area (Å²) < 4.78 is 7.21. The predicted molar refractivity (Wildman–Crippen MR) is 140 cm³/mol. The van der Waals surface area contributed by atoms with Crippen LogP contribution in [0, 0.1) is 0 Å². The quantitative estimate of drug-likeness (QED) is 0.401. The van der Waals surface area contributed by atoms with E-state index in [1.807, 2.05) is 0 Å². The first kappa shape index (κ1) is 27.7. The highest BCUT2D eigenvalue weighted by atomic mass is 35.5. The number of aromatic nitrogens is 3. The summed E-state index contributed by atoms with van der Waals surface area (Å²) in [6.45, 7) is 6.56. The van der Waals surface area contributed by atoms with Gasteiger partial charge in [-0.1, -0.05) is 55.6 Å². The lowest BCUT2D eigenvalue weighted by molar-refractivity contribution is 0.0987. The van der Waals surface area contributed by atoms with Gasteiger partial charge in [0, 0.05) is 24.4 Å². The van der Waals surface area contributed by atoms with E-state index in [0.29, 0.717) is 31.8 Å². The maximum atomic E-state index is 12.8. The highest BCUT2D eigenvalue weighted by molar-refractivity contribution is 8.33. The van der Waals surface area contributed by atoms with Crippen molar-refractivity contribution in [2.75, 3.05) is 25.9 Å². The lowest BCUT2D eigenvalue weighted by Gasteiger charge is -2.40. The molecule has 0 aliphatic carbocycles. The number of ketones is 1. The van der Waals surface area contributed by atoms with Crippen LogP contribution in [0.5, 0.6) is 5.75 Å². The van der Waals surface area contributed by atoms with E-state index in [9.17, 15) is 9.90 Å². The summed E-state index contributed by atoms with van der Waals surface area (Å²) in [5.41, 5.74) is 1.34. The van der Waals surface area contributed by atoms with Crippen LogP contribution in [0.1, 0.15) is 42.5 Å². The van der Waals surface area contributed by atoms with Crippen molar-refractivity contribution in [2.24, 2.45) is 0 Å². The molecule has 0 spiro atoms. The Morgan fingerprint density at radius 1 is 1.12 bits per heavy atom. The summed E-state index contributed by atoms with van der Waals surface area (Å²) in [6, 6.07) is 3.19. The van der Waals surface area contributed by atoms with Crippen molar-refractivity contribution in [1.82, 2.24) is 14.4 Å². The standard InChI is InChI=1S/C16H12Cl3N3O3.C7H18S/c1-25-14-3-2-12(22-15(19)11(7-23)21-16(14)22)13(24)4-8-9(17)5-20-6-10(8)18;1-7(2,3)8(4,5)6/h2-3,5-6,23H,4,7H2,1H3;1-6H3. The Morgan fingerprint density at radius 2 is 1.67 bits per heavy atom. The average molecular weight is 535 g/mol. The fourth-order valence-corrected chi connectivity index (χ4v) is 3.24. The van der Waals surface area contributed by atoms with Crippen molar-refractivity contribution in [1.29, 1.82) is 0 Å². The Balaban J connectivity index is 0.000000414. The number of hydrogen-bond donors (Lipinski definition) is 1. The second-order valence-electron chi connectivity index (χ2n) is 9.08. The van der Waals surface area contributed by atoms with E-state index in [2.05, 4.69) is 49.5 Å². The summed E-state index contributed by atoms with van der Waals surface area (Å²) in [4.78, 5) is 20.9. The lowest BCUT2D eigenvalue weighted by atomic mass is 10.1. The molecule has 1 N–H and O–H groups in total. The highest BCUT2D eigenvalue weighted by Gasteiger charge is 2.22. The third-order valence-electron chi connectivity index (χ3n) is 5.52.